The molecule has 0 spiro atoms. The van der Waals surface area contributed by atoms with Crippen molar-refractivity contribution in [1.82, 2.24) is 10.2 Å². The van der Waals surface area contributed by atoms with Gasteiger partial charge in [0.15, 0.2) is 12.1 Å². The summed E-state index contributed by atoms with van der Waals surface area (Å²) in [6.07, 6.45) is -1.35. The molecule has 2 unspecified atom stereocenters. The Hall–Kier alpha value is -2.73. The van der Waals surface area contributed by atoms with E-state index in [0.29, 0.717) is 18.7 Å². The maximum absolute atomic E-state index is 15.0. The highest BCUT2D eigenvalue weighted by Crippen LogP contribution is 2.19. The third kappa shape index (κ3) is 5.16. The predicted molar refractivity (Wildman–Crippen MR) is 108 cm³/mol. The van der Waals surface area contributed by atoms with Gasteiger partial charge in [-0.2, -0.15) is 0 Å². The lowest BCUT2D eigenvalue weighted by molar-refractivity contribution is -0.119. The summed E-state index contributed by atoms with van der Waals surface area (Å²) in [5.74, 6) is -0.600. The second kappa shape index (κ2) is 9.46. The maximum atomic E-state index is 15.0. The van der Waals surface area contributed by atoms with E-state index in [1.807, 2.05) is 36.4 Å². The zero-order valence-corrected chi connectivity index (χ0v) is 16.1. The Kier molecular flexibility index (Phi) is 6.76. The van der Waals surface area contributed by atoms with E-state index in [0.717, 1.165) is 18.8 Å². The first kappa shape index (κ1) is 20.0. The number of hydrogen-bond acceptors (Lipinski definition) is 4. The third-order valence-corrected chi connectivity index (χ3v) is 5.01. The van der Waals surface area contributed by atoms with Gasteiger partial charge in [-0.3, -0.25) is 14.5 Å². The van der Waals surface area contributed by atoms with Crippen LogP contribution in [0.25, 0.3) is 0 Å². The van der Waals surface area contributed by atoms with Crippen molar-refractivity contribution in [3.05, 3.63) is 66.2 Å². The molecular weight excluding hydrogens is 357 g/mol. The number of benzene rings is 2. The molecule has 1 fully saturated rings. The molecule has 0 aliphatic carbocycles. The van der Waals surface area contributed by atoms with Crippen LogP contribution in [0.1, 0.15) is 23.7 Å². The monoisotopic (exact) mass is 383 g/mol. The fourth-order valence-corrected chi connectivity index (χ4v) is 3.52. The Balaban J connectivity index is 1.60. The van der Waals surface area contributed by atoms with Crippen LogP contribution in [-0.4, -0.2) is 55.1 Å². The number of hydrogen-bond donors (Lipinski definition) is 1. The van der Waals surface area contributed by atoms with Crippen LogP contribution in [-0.2, 0) is 4.79 Å². The number of amides is 1. The summed E-state index contributed by atoms with van der Waals surface area (Å²) in [4.78, 5) is 28.2. The fraction of sp³-hybridized carbons (Fsp3) is 0.364. The van der Waals surface area contributed by atoms with E-state index in [2.05, 4.69) is 10.2 Å². The first-order valence-electron chi connectivity index (χ1n) is 9.59. The Labute approximate surface area is 165 Å². The second-order valence-corrected chi connectivity index (χ2v) is 7.01. The summed E-state index contributed by atoms with van der Waals surface area (Å²) in [5.41, 5.74) is 1.61. The van der Waals surface area contributed by atoms with Crippen molar-refractivity contribution < 1.29 is 14.0 Å². The molecule has 2 atom stereocenters. The van der Waals surface area contributed by atoms with Gasteiger partial charge in [0.1, 0.15) is 0 Å². The van der Waals surface area contributed by atoms with Gasteiger partial charge in [0, 0.05) is 50.8 Å². The number of carbonyl (C=O) groups is 2. The molecule has 6 heteroatoms. The number of piperazine rings is 1. The Morgan fingerprint density at radius 3 is 2.11 bits per heavy atom. The molecule has 0 bridgehead atoms. The molecule has 3 rings (SSSR count). The van der Waals surface area contributed by atoms with E-state index in [4.69, 9.17) is 0 Å². The Bertz CT molecular complexity index is 777. The summed E-state index contributed by atoms with van der Waals surface area (Å²) in [6, 6.07) is 17.9. The van der Waals surface area contributed by atoms with E-state index in [9.17, 15) is 14.0 Å². The molecular formula is C22H26FN3O2. The van der Waals surface area contributed by atoms with Gasteiger partial charge in [0.25, 0.3) is 0 Å². The van der Waals surface area contributed by atoms with Gasteiger partial charge in [-0.15, -0.1) is 0 Å². The summed E-state index contributed by atoms with van der Waals surface area (Å²) >= 11 is 0. The highest BCUT2D eigenvalue weighted by Gasteiger charge is 2.30. The SMILES string of the molecule is CC(=O)NC(CC(F)N1CCN(c2ccccc2)CC1)C(=O)c1ccccc1. The number of carbonyl (C=O) groups excluding carboxylic acids is 2. The van der Waals surface area contributed by atoms with Crippen LogP contribution in [0.2, 0.25) is 0 Å². The Morgan fingerprint density at radius 2 is 1.54 bits per heavy atom. The van der Waals surface area contributed by atoms with Gasteiger partial charge in [-0.25, -0.2) is 4.39 Å². The first-order chi connectivity index (χ1) is 13.5. The number of nitrogens with zero attached hydrogens (tertiary/aromatic N) is 2. The van der Waals surface area contributed by atoms with Gasteiger partial charge in [-0.1, -0.05) is 48.5 Å². The van der Waals surface area contributed by atoms with Crippen molar-refractivity contribution in [1.29, 1.82) is 0 Å². The van der Waals surface area contributed by atoms with E-state index in [1.54, 1.807) is 29.2 Å². The van der Waals surface area contributed by atoms with Crippen LogP contribution in [0.4, 0.5) is 10.1 Å². The van der Waals surface area contributed by atoms with Crippen molar-refractivity contribution in [2.24, 2.45) is 0 Å². The smallest absolute Gasteiger partial charge is 0.217 e. The quantitative estimate of drug-likeness (QED) is 0.590. The van der Waals surface area contributed by atoms with Crippen molar-refractivity contribution in [2.45, 2.75) is 25.7 Å². The lowest BCUT2D eigenvalue weighted by Gasteiger charge is -2.38. The van der Waals surface area contributed by atoms with Crippen molar-refractivity contribution in [2.75, 3.05) is 31.1 Å². The number of alkyl halides is 1. The van der Waals surface area contributed by atoms with Crippen molar-refractivity contribution in [3.8, 4) is 0 Å². The van der Waals surface area contributed by atoms with Gasteiger partial charge in [0.2, 0.25) is 5.91 Å². The lowest BCUT2D eigenvalue weighted by atomic mass is 10.0. The third-order valence-electron chi connectivity index (χ3n) is 5.01. The van der Waals surface area contributed by atoms with E-state index < -0.39 is 12.3 Å². The number of anilines is 1. The fourth-order valence-electron chi connectivity index (χ4n) is 3.52. The van der Waals surface area contributed by atoms with Crippen LogP contribution in [0.15, 0.2) is 60.7 Å². The molecule has 0 aromatic heterocycles. The molecule has 0 radical (unpaired) electrons. The zero-order valence-electron chi connectivity index (χ0n) is 16.1. The van der Waals surface area contributed by atoms with Crippen molar-refractivity contribution >= 4 is 17.4 Å². The van der Waals surface area contributed by atoms with Gasteiger partial charge in [-0.05, 0) is 12.1 Å². The molecule has 2 aromatic carbocycles. The minimum atomic E-state index is -1.29. The second-order valence-electron chi connectivity index (χ2n) is 7.01. The standard InChI is InChI=1S/C22H26FN3O2/c1-17(27)24-20(22(28)18-8-4-2-5-9-18)16-21(23)26-14-12-25(13-15-26)19-10-6-3-7-11-19/h2-11,20-21H,12-16H2,1H3,(H,24,27). The van der Waals surface area contributed by atoms with Crippen LogP contribution in [0, 0.1) is 0 Å². The summed E-state index contributed by atoms with van der Waals surface area (Å²) < 4.78 is 15.0. The van der Waals surface area contributed by atoms with Gasteiger partial charge < -0.3 is 10.2 Å². The molecule has 0 saturated carbocycles. The summed E-state index contributed by atoms with van der Waals surface area (Å²) in [5, 5.41) is 2.62. The summed E-state index contributed by atoms with van der Waals surface area (Å²) in [6.45, 7) is 3.94. The minimum absolute atomic E-state index is 0.0569. The van der Waals surface area contributed by atoms with Crippen LogP contribution in [0.5, 0.6) is 0 Å². The van der Waals surface area contributed by atoms with E-state index in [-0.39, 0.29) is 18.1 Å². The highest BCUT2D eigenvalue weighted by atomic mass is 19.1. The zero-order chi connectivity index (χ0) is 19.9. The molecule has 28 heavy (non-hydrogen) atoms. The molecule has 1 heterocycles. The molecule has 1 aliphatic heterocycles. The Morgan fingerprint density at radius 1 is 0.964 bits per heavy atom. The number of nitrogens with one attached hydrogen (secondary N) is 1. The molecule has 1 N–H and O–H groups in total. The van der Waals surface area contributed by atoms with Crippen molar-refractivity contribution in [3.63, 3.8) is 0 Å². The average molecular weight is 383 g/mol. The number of para-hydroxylation sites is 1. The minimum Gasteiger partial charge on any atom is -0.369 e. The van der Waals surface area contributed by atoms with Gasteiger partial charge >= 0.3 is 0 Å². The lowest BCUT2D eigenvalue weighted by Crippen LogP contribution is -2.51. The molecule has 1 aliphatic rings. The number of ketones is 1. The number of halogens is 1. The predicted octanol–water partition coefficient (Wildman–Crippen LogP) is 2.88. The maximum Gasteiger partial charge on any atom is 0.217 e. The molecule has 2 aromatic rings. The van der Waals surface area contributed by atoms with E-state index in [1.165, 1.54) is 6.92 Å². The number of Topliss-reactive ketones (excluding diaryl/α,β-unsaturated/α-hetero) is 1. The molecule has 148 valence electrons. The number of rotatable bonds is 7. The van der Waals surface area contributed by atoms with Crippen LogP contribution in [0.3, 0.4) is 0 Å². The molecule has 1 amide bonds. The van der Waals surface area contributed by atoms with Crippen LogP contribution >= 0.6 is 0 Å². The molecule has 5 nitrogen and oxygen atoms in total. The normalized spacial score (nSPS) is 17.0. The summed E-state index contributed by atoms with van der Waals surface area (Å²) in [7, 11) is 0. The van der Waals surface area contributed by atoms with Gasteiger partial charge in [0.05, 0.1) is 6.04 Å². The van der Waals surface area contributed by atoms with Crippen LogP contribution < -0.4 is 10.2 Å². The topological polar surface area (TPSA) is 52.7 Å². The van der Waals surface area contributed by atoms with E-state index >= 15 is 0 Å². The first-order valence-corrected chi connectivity index (χ1v) is 9.59. The highest BCUT2D eigenvalue weighted by molar-refractivity contribution is 6.01. The average Bonchev–Trinajstić information content (AvgIpc) is 2.74. The largest absolute Gasteiger partial charge is 0.369 e. The molecule has 1 saturated heterocycles.